The normalized spacial score (nSPS) is 15.1. The third-order valence-corrected chi connectivity index (χ3v) is 5.59. The maximum absolute atomic E-state index is 13.7. The Morgan fingerprint density at radius 3 is 2.76 bits per heavy atom. The summed E-state index contributed by atoms with van der Waals surface area (Å²) in [6.45, 7) is 7.91. The molecule has 4 rings (SSSR count). The average Bonchev–Trinajstić information content (AvgIpc) is 3.19. The number of nitriles is 1. The van der Waals surface area contributed by atoms with Crippen LogP contribution in [0.5, 0.6) is 0 Å². The van der Waals surface area contributed by atoms with Crippen molar-refractivity contribution in [3.8, 4) is 6.07 Å². The van der Waals surface area contributed by atoms with Crippen LogP contribution < -0.4 is 10.6 Å². The van der Waals surface area contributed by atoms with Gasteiger partial charge in [-0.05, 0) is 63.4 Å². The molecule has 0 saturated carbocycles. The highest BCUT2D eigenvalue weighted by Crippen LogP contribution is 2.26. The minimum Gasteiger partial charge on any atom is -0.444 e. The maximum Gasteiger partial charge on any atom is 0.407 e. The van der Waals surface area contributed by atoms with Gasteiger partial charge < -0.3 is 15.4 Å². The van der Waals surface area contributed by atoms with Gasteiger partial charge in [0.05, 0.1) is 5.56 Å². The lowest BCUT2D eigenvalue weighted by atomic mass is 10.0. The fourth-order valence-electron chi connectivity index (χ4n) is 4.01. The average molecular weight is 466 g/mol. The topological polar surface area (TPSA) is 108 Å². The zero-order valence-electron chi connectivity index (χ0n) is 19.5. The quantitative estimate of drug-likeness (QED) is 0.587. The molecule has 1 saturated heterocycles. The zero-order chi connectivity index (χ0) is 24.3. The molecule has 2 aromatic heterocycles. The van der Waals surface area contributed by atoms with Crippen LogP contribution in [0.4, 0.5) is 20.7 Å². The van der Waals surface area contributed by atoms with Gasteiger partial charge in [0.15, 0.2) is 5.82 Å². The summed E-state index contributed by atoms with van der Waals surface area (Å²) < 4.78 is 20.8. The molecule has 0 atom stereocenters. The summed E-state index contributed by atoms with van der Waals surface area (Å²) in [5.74, 6) is 0.0146. The number of anilines is 2. The van der Waals surface area contributed by atoms with Crippen molar-refractivity contribution in [1.82, 2.24) is 24.8 Å². The van der Waals surface area contributed by atoms with Crippen molar-refractivity contribution < 1.29 is 13.9 Å². The second-order valence-corrected chi connectivity index (χ2v) is 9.37. The number of likely N-dealkylation sites (tertiary alicyclic amines) is 1. The van der Waals surface area contributed by atoms with Crippen LogP contribution >= 0.6 is 0 Å². The molecule has 3 heterocycles. The molecule has 0 aliphatic carbocycles. The summed E-state index contributed by atoms with van der Waals surface area (Å²) in [5, 5.41) is 19.6. The summed E-state index contributed by atoms with van der Waals surface area (Å²) in [4.78, 5) is 18.8. The SMILES string of the molecule is CC(C)(C)OC(=O)NC1CCN(Cc2ccn3ncnc(Nc4ccc(F)c(C#N)c4)c23)CC1. The lowest BCUT2D eigenvalue weighted by Gasteiger charge is -2.32. The first-order valence-electron chi connectivity index (χ1n) is 11.2. The number of nitrogens with zero attached hydrogens (tertiary/aromatic N) is 5. The van der Waals surface area contributed by atoms with E-state index in [9.17, 15) is 9.18 Å². The van der Waals surface area contributed by atoms with Gasteiger partial charge in [0.25, 0.3) is 0 Å². The van der Waals surface area contributed by atoms with Crippen LogP contribution in [0.2, 0.25) is 0 Å². The molecule has 9 nitrogen and oxygen atoms in total. The van der Waals surface area contributed by atoms with Crippen LogP contribution in [0.1, 0.15) is 44.7 Å². The molecule has 1 aliphatic heterocycles. The molecule has 10 heteroatoms. The van der Waals surface area contributed by atoms with Gasteiger partial charge in [-0.1, -0.05) is 0 Å². The molecule has 1 amide bonds. The lowest BCUT2D eigenvalue weighted by molar-refractivity contribution is 0.0477. The van der Waals surface area contributed by atoms with Crippen LogP contribution in [-0.4, -0.2) is 50.3 Å². The minimum atomic E-state index is -0.561. The van der Waals surface area contributed by atoms with Crippen molar-refractivity contribution in [2.24, 2.45) is 0 Å². The van der Waals surface area contributed by atoms with Crippen LogP contribution in [0.15, 0.2) is 36.8 Å². The van der Waals surface area contributed by atoms with Crippen LogP contribution in [0.3, 0.4) is 0 Å². The Bertz CT molecular complexity index is 1220. The smallest absolute Gasteiger partial charge is 0.407 e. The van der Waals surface area contributed by atoms with Crippen molar-refractivity contribution in [3.63, 3.8) is 0 Å². The molecule has 1 fully saturated rings. The first-order valence-corrected chi connectivity index (χ1v) is 11.2. The van der Waals surface area contributed by atoms with Crippen molar-refractivity contribution in [2.75, 3.05) is 18.4 Å². The second kappa shape index (κ2) is 9.65. The number of ether oxygens (including phenoxy) is 1. The highest BCUT2D eigenvalue weighted by molar-refractivity contribution is 5.76. The number of hydrogen-bond acceptors (Lipinski definition) is 7. The number of halogens is 1. The Labute approximate surface area is 197 Å². The van der Waals surface area contributed by atoms with E-state index in [1.54, 1.807) is 10.6 Å². The number of amides is 1. The lowest BCUT2D eigenvalue weighted by Crippen LogP contribution is -2.45. The Morgan fingerprint density at radius 2 is 2.06 bits per heavy atom. The monoisotopic (exact) mass is 465 g/mol. The number of benzene rings is 1. The number of rotatable bonds is 5. The number of hydrogen-bond donors (Lipinski definition) is 2. The standard InChI is InChI=1S/C24H28FN7O2/c1-24(2,3)34-23(33)30-18-7-9-31(10-8-18)14-16-6-11-32-21(16)22(27-15-28-32)29-19-4-5-20(25)17(12-19)13-26/h4-6,11-12,15,18H,7-10,14H2,1-3H3,(H,30,33)(H,27,28,29). The molecule has 0 bridgehead atoms. The number of carbonyl (C=O) groups is 1. The van der Waals surface area contributed by atoms with Gasteiger partial charge in [0.1, 0.15) is 29.3 Å². The molecule has 0 unspecified atom stereocenters. The fraction of sp³-hybridized carbons (Fsp3) is 0.417. The molecular formula is C24H28FN7O2. The molecule has 2 N–H and O–H groups in total. The van der Waals surface area contributed by atoms with Crippen molar-refractivity contribution >= 4 is 23.1 Å². The van der Waals surface area contributed by atoms with E-state index in [2.05, 4.69) is 25.6 Å². The minimum absolute atomic E-state index is 0.0338. The second-order valence-electron chi connectivity index (χ2n) is 9.37. The number of piperidine rings is 1. The van der Waals surface area contributed by atoms with E-state index < -0.39 is 11.4 Å². The van der Waals surface area contributed by atoms with E-state index in [0.717, 1.165) is 37.0 Å². The Kier molecular flexibility index (Phi) is 6.65. The van der Waals surface area contributed by atoms with E-state index in [1.165, 1.54) is 18.5 Å². The van der Waals surface area contributed by atoms with Gasteiger partial charge >= 0.3 is 6.09 Å². The molecule has 178 valence electrons. The highest BCUT2D eigenvalue weighted by Gasteiger charge is 2.24. The van der Waals surface area contributed by atoms with Gasteiger partial charge in [-0.15, -0.1) is 0 Å². The molecular weight excluding hydrogens is 437 g/mol. The van der Waals surface area contributed by atoms with E-state index >= 15 is 0 Å². The number of fused-ring (bicyclic) bond motifs is 1. The Balaban J connectivity index is 1.43. The van der Waals surface area contributed by atoms with Crippen LogP contribution in [-0.2, 0) is 11.3 Å². The summed E-state index contributed by atoms with van der Waals surface area (Å²) >= 11 is 0. The predicted octanol–water partition coefficient (Wildman–Crippen LogP) is 3.97. The first-order chi connectivity index (χ1) is 16.2. The molecule has 1 aliphatic rings. The number of alkyl carbamates (subject to hydrolysis) is 1. The van der Waals surface area contributed by atoms with Crippen molar-refractivity contribution in [1.29, 1.82) is 5.26 Å². The van der Waals surface area contributed by atoms with Crippen molar-refractivity contribution in [3.05, 3.63) is 53.7 Å². The Morgan fingerprint density at radius 1 is 1.29 bits per heavy atom. The third kappa shape index (κ3) is 5.61. The largest absolute Gasteiger partial charge is 0.444 e. The van der Waals surface area contributed by atoms with Gasteiger partial charge in [0.2, 0.25) is 0 Å². The van der Waals surface area contributed by atoms with E-state index in [1.807, 2.05) is 39.1 Å². The van der Waals surface area contributed by atoms with Gasteiger partial charge in [-0.3, -0.25) is 4.90 Å². The summed E-state index contributed by atoms with van der Waals surface area (Å²) in [5.41, 5.74) is 1.89. The van der Waals surface area contributed by atoms with E-state index in [0.29, 0.717) is 18.1 Å². The fourth-order valence-corrected chi connectivity index (χ4v) is 4.01. The summed E-state index contributed by atoms with van der Waals surface area (Å²) in [6, 6.07) is 8.23. The Hall–Kier alpha value is -3.71. The number of aromatic nitrogens is 3. The molecule has 34 heavy (non-hydrogen) atoms. The number of nitrogens with one attached hydrogen (secondary N) is 2. The molecule has 1 aromatic carbocycles. The molecule has 0 spiro atoms. The van der Waals surface area contributed by atoms with E-state index in [4.69, 9.17) is 10.00 Å². The number of carbonyl (C=O) groups excluding carboxylic acids is 1. The van der Waals surface area contributed by atoms with Gasteiger partial charge in [-0.2, -0.15) is 10.4 Å². The molecule has 3 aromatic rings. The molecule has 0 radical (unpaired) electrons. The zero-order valence-corrected chi connectivity index (χ0v) is 19.5. The van der Waals surface area contributed by atoms with Gasteiger partial charge in [0, 0.05) is 37.6 Å². The van der Waals surface area contributed by atoms with Crippen LogP contribution in [0, 0.1) is 17.1 Å². The highest BCUT2D eigenvalue weighted by atomic mass is 19.1. The van der Waals surface area contributed by atoms with Crippen molar-refractivity contribution in [2.45, 2.75) is 51.8 Å². The predicted molar refractivity (Wildman–Crippen MR) is 125 cm³/mol. The maximum atomic E-state index is 13.7. The summed E-state index contributed by atoms with van der Waals surface area (Å²) in [6.07, 6.45) is 4.61. The third-order valence-electron chi connectivity index (χ3n) is 5.59. The first kappa shape index (κ1) is 23.4. The van der Waals surface area contributed by atoms with Gasteiger partial charge in [-0.25, -0.2) is 18.7 Å². The van der Waals surface area contributed by atoms with E-state index in [-0.39, 0.29) is 17.7 Å². The summed E-state index contributed by atoms with van der Waals surface area (Å²) in [7, 11) is 0. The van der Waals surface area contributed by atoms with Crippen LogP contribution in [0.25, 0.3) is 5.52 Å².